The number of aliphatic hydroxyl groups is 1. The predicted octanol–water partition coefficient (Wildman–Crippen LogP) is 2.66. The second-order valence-electron chi connectivity index (χ2n) is 7.80. The van der Waals surface area contributed by atoms with E-state index in [2.05, 4.69) is 0 Å². The lowest BCUT2D eigenvalue weighted by Gasteiger charge is -2.27. The number of amides is 2. The molecule has 0 spiro atoms. The second kappa shape index (κ2) is 7.83. The van der Waals surface area contributed by atoms with Crippen LogP contribution in [0.5, 0.6) is 5.75 Å². The number of nitrogens with zero attached hydrogens (tertiary/aromatic N) is 1. The first-order valence-electron chi connectivity index (χ1n) is 9.20. The molecule has 9 nitrogen and oxygen atoms in total. The van der Waals surface area contributed by atoms with Crippen molar-refractivity contribution in [3.05, 3.63) is 47.9 Å². The Morgan fingerprint density at radius 3 is 2.53 bits per heavy atom. The molecule has 1 N–H and O–H groups in total. The molecule has 1 atom stereocenters. The number of fused-ring (bicyclic) bond motifs is 1. The first-order valence-corrected chi connectivity index (χ1v) is 9.20. The predicted molar refractivity (Wildman–Crippen MR) is 104 cm³/mol. The van der Waals surface area contributed by atoms with Gasteiger partial charge in [0.1, 0.15) is 23.4 Å². The number of carbonyl (C=O) groups is 3. The first kappa shape index (κ1) is 21.4. The Labute approximate surface area is 173 Å². The van der Waals surface area contributed by atoms with Crippen LogP contribution in [0.15, 0.2) is 41.0 Å². The van der Waals surface area contributed by atoms with Crippen LogP contribution in [-0.2, 0) is 19.7 Å². The number of benzene rings is 1. The smallest absolute Gasteiger partial charge is 0.421 e. The molecule has 1 aromatic carbocycles. The number of methoxy groups -OCH3 is 1. The van der Waals surface area contributed by atoms with Crippen molar-refractivity contribution < 1.29 is 38.1 Å². The fraction of sp³-hybridized carbons (Fsp3) is 0.381. The van der Waals surface area contributed by atoms with Crippen molar-refractivity contribution in [2.75, 3.05) is 25.2 Å². The van der Waals surface area contributed by atoms with Crippen LogP contribution in [0.2, 0.25) is 0 Å². The maximum atomic E-state index is 13.4. The molecule has 9 heteroatoms. The average molecular weight is 417 g/mol. The molecule has 0 fully saturated rings. The van der Waals surface area contributed by atoms with Gasteiger partial charge in [0.25, 0.3) is 5.91 Å². The lowest BCUT2D eigenvalue weighted by atomic mass is 9.83. The SMILES string of the molecule is COc1ccc2c(c1)N(C(=O)OC(C)(C)C)C(=O)[C@]2(CO)COC(=O)c1ccco1. The lowest BCUT2D eigenvalue weighted by molar-refractivity contribution is -0.126. The number of hydrogen-bond donors (Lipinski definition) is 1. The summed E-state index contributed by atoms with van der Waals surface area (Å²) in [6.45, 7) is 3.81. The molecule has 1 aliphatic heterocycles. The summed E-state index contributed by atoms with van der Waals surface area (Å²) >= 11 is 0. The van der Waals surface area contributed by atoms with Gasteiger partial charge in [-0.05, 0) is 44.5 Å². The molecule has 2 heterocycles. The Balaban J connectivity index is 2.00. The number of carbonyl (C=O) groups excluding carboxylic acids is 3. The van der Waals surface area contributed by atoms with Crippen LogP contribution in [-0.4, -0.2) is 49.0 Å². The third kappa shape index (κ3) is 3.76. The van der Waals surface area contributed by atoms with Crippen LogP contribution in [0.3, 0.4) is 0 Å². The molecule has 0 saturated heterocycles. The molecule has 0 aliphatic carbocycles. The molecule has 2 aromatic rings. The largest absolute Gasteiger partial charge is 0.497 e. The van der Waals surface area contributed by atoms with Crippen molar-refractivity contribution >= 4 is 23.7 Å². The molecule has 0 unspecified atom stereocenters. The van der Waals surface area contributed by atoms with Crippen molar-refractivity contribution in [1.82, 2.24) is 0 Å². The van der Waals surface area contributed by atoms with Gasteiger partial charge in [-0.15, -0.1) is 0 Å². The van der Waals surface area contributed by atoms with Gasteiger partial charge in [0.2, 0.25) is 5.76 Å². The van der Waals surface area contributed by atoms with Gasteiger partial charge in [0, 0.05) is 6.07 Å². The highest BCUT2D eigenvalue weighted by Gasteiger charge is 2.55. The minimum Gasteiger partial charge on any atom is -0.497 e. The number of furan rings is 1. The van der Waals surface area contributed by atoms with Gasteiger partial charge in [-0.25, -0.2) is 14.5 Å². The van der Waals surface area contributed by atoms with Crippen LogP contribution in [0.25, 0.3) is 0 Å². The summed E-state index contributed by atoms with van der Waals surface area (Å²) in [6.07, 6.45) is 0.403. The molecular weight excluding hydrogens is 394 g/mol. The number of imide groups is 1. The Morgan fingerprint density at radius 1 is 1.23 bits per heavy atom. The maximum Gasteiger partial charge on any atom is 0.421 e. The Morgan fingerprint density at radius 2 is 1.97 bits per heavy atom. The molecule has 3 rings (SSSR count). The highest BCUT2D eigenvalue weighted by atomic mass is 16.6. The fourth-order valence-corrected chi connectivity index (χ4v) is 3.15. The van der Waals surface area contributed by atoms with Gasteiger partial charge in [-0.1, -0.05) is 6.07 Å². The van der Waals surface area contributed by atoms with Crippen molar-refractivity contribution in [2.24, 2.45) is 0 Å². The van der Waals surface area contributed by atoms with E-state index in [1.807, 2.05) is 0 Å². The van der Waals surface area contributed by atoms with Crippen molar-refractivity contribution in [3.63, 3.8) is 0 Å². The lowest BCUT2D eigenvalue weighted by Crippen LogP contribution is -2.49. The van der Waals surface area contributed by atoms with E-state index in [0.717, 1.165) is 4.90 Å². The molecule has 160 valence electrons. The van der Waals surface area contributed by atoms with Gasteiger partial charge < -0.3 is 23.7 Å². The number of anilines is 1. The summed E-state index contributed by atoms with van der Waals surface area (Å²) in [5, 5.41) is 10.2. The summed E-state index contributed by atoms with van der Waals surface area (Å²) in [4.78, 5) is 39.2. The normalized spacial score (nSPS) is 18.2. The summed E-state index contributed by atoms with van der Waals surface area (Å²) in [5.74, 6) is -1.22. The standard InChI is InChI=1S/C21H23NO8/c1-20(2,3)30-19(26)22-15-10-13(27-4)7-8-14(15)21(11-23,18(22)25)12-29-17(24)16-6-5-9-28-16/h5-10,23H,11-12H2,1-4H3/t21-/m1/s1. The molecule has 1 aromatic heterocycles. The van der Waals surface area contributed by atoms with E-state index >= 15 is 0 Å². The first-order chi connectivity index (χ1) is 14.1. The number of rotatable bonds is 5. The molecule has 0 bridgehead atoms. The molecular formula is C21H23NO8. The third-order valence-electron chi connectivity index (χ3n) is 4.59. The minimum absolute atomic E-state index is 0.0486. The number of aliphatic hydroxyl groups excluding tert-OH is 1. The van der Waals surface area contributed by atoms with Gasteiger partial charge in [-0.3, -0.25) is 4.79 Å². The summed E-state index contributed by atoms with van der Waals surface area (Å²) < 4.78 is 20.8. The Hall–Kier alpha value is -3.33. The van der Waals surface area contributed by atoms with Gasteiger partial charge in [-0.2, -0.15) is 0 Å². The van der Waals surface area contributed by atoms with E-state index < -0.39 is 42.2 Å². The van der Waals surface area contributed by atoms with Gasteiger partial charge in [0.15, 0.2) is 0 Å². The van der Waals surface area contributed by atoms with E-state index in [1.54, 1.807) is 32.9 Å². The molecule has 0 saturated carbocycles. The fourth-order valence-electron chi connectivity index (χ4n) is 3.15. The Bertz CT molecular complexity index is 960. The van der Waals surface area contributed by atoms with Crippen LogP contribution in [0.1, 0.15) is 36.9 Å². The van der Waals surface area contributed by atoms with E-state index in [1.165, 1.54) is 31.6 Å². The summed E-state index contributed by atoms with van der Waals surface area (Å²) in [5.41, 5.74) is -2.03. The monoisotopic (exact) mass is 417 g/mol. The van der Waals surface area contributed by atoms with Gasteiger partial charge >= 0.3 is 12.1 Å². The van der Waals surface area contributed by atoms with Crippen molar-refractivity contribution in [2.45, 2.75) is 31.8 Å². The zero-order chi connectivity index (χ0) is 22.1. The summed E-state index contributed by atoms with van der Waals surface area (Å²) in [7, 11) is 1.45. The van der Waals surface area contributed by atoms with E-state index in [-0.39, 0.29) is 11.4 Å². The zero-order valence-corrected chi connectivity index (χ0v) is 17.1. The summed E-state index contributed by atoms with van der Waals surface area (Å²) in [6, 6.07) is 7.56. The molecule has 30 heavy (non-hydrogen) atoms. The molecule has 2 amide bonds. The quantitative estimate of drug-likeness (QED) is 0.739. The number of ether oxygens (including phenoxy) is 3. The maximum absolute atomic E-state index is 13.4. The molecule has 1 aliphatic rings. The topological polar surface area (TPSA) is 116 Å². The Kier molecular flexibility index (Phi) is 5.58. The van der Waals surface area contributed by atoms with E-state index in [0.29, 0.717) is 11.3 Å². The van der Waals surface area contributed by atoms with Crippen molar-refractivity contribution in [3.8, 4) is 5.75 Å². The third-order valence-corrected chi connectivity index (χ3v) is 4.59. The van der Waals surface area contributed by atoms with Crippen LogP contribution < -0.4 is 9.64 Å². The second-order valence-corrected chi connectivity index (χ2v) is 7.80. The average Bonchev–Trinajstić information content (AvgIpc) is 3.29. The van der Waals surface area contributed by atoms with E-state index in [4.69, 9.17) is 18.6 Å². The van der Waals surface area contributed by atoms with Crippen LogP contribution in [0, 0.1) is 0 Å². The number of hydrogen-bond acceptors (Lipinski definition) is 8. The zero-order valence-electron chi connectivity index (χ0n) is 17.1. The highest BCUT2D eigenvalue weighted by Crippen LogP contribution is 2.44. The van der Waals surface area contributed by atoms with Gasteiger partial charge in [0.05, 0.1) is 25.7 Å². The van der Waals surface area contributed by atoms with Crippen LogP contribution in [0.4, 0.5) is 10.5 Å². The molecule has 0 radical (unpaired) electrons. The minimum atomic E-state index is -1.68. The highest BCUT2D eigenvalue weighted by molar-refractivity contribution is 6.21. The van der Waals surface area contributed by atoms with Crippen LogP contribution >= 0.6 is 0 Å². The number of esters is 1. The van der Waals surface area contributed by atoms with Crippen molar-refractivity contribution in [1.29, 1.82) is 0 Å². The van der Waals surface area contributed by atoms with E-state index in [9.17, 15) is 19.5 Å².